The minimum atomic E-state index is 1.05. The summed E-state index contributed by atoms with van der Waals surface area (Å²) in [5, 5.41) is 0. The van der Waals surface area contributed by atoms with Gasteiger partial charge in [0.2, 0.25) is 0 Å². The van der Waals surface area contributed by atoms with E-state index in [0.29, 0.717) is 0 Å². The van der Waals surface area contributed by atoms with Gasteiger partial charge in [0, 0.05) is 17.3 Å². The fourth-order valence-corrected chi connectivity index (χ4v) is 2.97. The molecular weight excluding hydrogens is 290 g/mol. The molecule has 4 heteroatoms. The third kappa shape index (κ3) is 2.46. The molecule has 0 unspecified atom stereocenters. The highest BCUT2D eigenvalue weighted by atomic mass is 79.9. The summed E-state index contributed by atoms with van der Waals surface area (Å²) in [6.07, 6.45) is 3.62. The number of pyridine rings is 1. The largest absolute Gasteiger partial charge is 0.262 e. The van der Waals surface area contributed by atoms with E-state index in [1.54, 1.807) is 11.8 Å². The molecule has 0 amide bonds. The lowest BCUT2D eigenvalue weighted by Crippen LogP contribution is -1.80. The SMILES string of the molecule is CCSc1c(Br)cncc1Br. The summed E-state index contributed by atoms with van der Waals surface area (Å²) < 4.78 is 2.11. The van der Waals surface area contributed by atoms with E-state index in [4.69, 9.17) is 0 Å². The van der Waals surface area contributed by atoms with Crippen LogP contribution in [0.25, 0.3) is 0 Å². The lowest BCUT2D eigenvalue weighted by Gasteiger charge is -2.02. The van der Waals surface area contributed by atoms with Gasteiger partial charge in [-0.1, -0.05) is 6.92 Å². The Balaban J connectivity index is 3.00. The maximum Gasteiger partial charge on any atom is 0.0506 e. The van der Waals surface area contributed by atoms with Gasteiger partial charge in [-0.2, -0.15) is 0 Å². The minimum Gasteiger partial charge on any atom is -0.262 e. The summed E-state index contributed by atoms with van der Waals surface area (Å²) >= 11 is 8.66. The second kappa shape index (κ2) is 4.48. The number of hydrogen-bond donors (Lipinski definition) is 0. The van der Waals surface area contributed by atoms with Gasteiger partial charge in [-0.15, -0.1) is 11.8 Å². The zero-order valence-electron chi connectivity index (χ0n) is 5.97. The van der Waals surface area contributed by atoms with Crippen LogP contribution in [0, 0.1) is 0 Å². The third-order valence-electron chi connectivity index (χ3n) is 1.10. The summed E-state index contributed by atoms with van der Waals surface area (Å²) in [7, 11) is 0. The Morgan fingerprint density at radius 3 is 2.36 bits per heavy atom. The van der Waals surface area contributed by atoms with Crippen molar-refractivity contribution < 1.29 is 0 Å². The molecule has 11 heavy (non-hydrogen) atoms. The van der Waals surface area contributed by atoms with Crippen molar-refractivity contribution in [1.29, 1.82) is 0 Å². The maximum absolute atomic E-state index is 4.02. The molecule has 1 heterocycles. The van der Waals surface area contributed by atoms with Crippen LogP contribution in [-0.2, 0) is 0 Å². The first kappa shape index (κ1) is 9.55. The first-order chi connectivity index (χ1) is 5.25. The predicted molar refractivity (Wildman–Crippen MR) is 56.0 cm³/mol. The molecular formula is C7H7Br2NS. The molecule has 0 atom stereocenters. The van der Waals surface area contributed by atoms with E-state index in [0.717, 1.165) is 14.7 Å². The topological polar surface area (TPSA) is 12.9 Å². The van der Waals surface area contributed by atoms with Gasteiger partial charge in [0.05, 0.1) is 8.95 Å². The molecule has 0 fully saturated rings. The van der Waals surface area contributed by atoms with Crippen molar-refractivity contribution in [3.05, 3.63) is 21.3 Å². The van der Waals surface area contributed by atoms with E-state index >= 15 is 0 Å². The second-order valence-corrected chi connectivity index (χ2v) is 4.85. The average Bonchev–Trinajstić information content (AvgIpc) is 1.97. The number of hydrogen-bond acceptors (Lipinski definition) is 2. The van der Waals surface area contributed by atoms with Crippen molar-refractivity contribution >= 4 is 43.6 Å². The number of halogens is 2. The molecule has 0 N–H and O–H groups in total. The lowest BCUT2D eigenvalue weighted by molar-refractivity contribution is 1.20. The number of aromatic nitrogens is 1. The van der Waals surface area contributed by atoms with E-state index in [1.807, 2.05) is 12.4 Å². The fourth-order valence-electron chi connectivity index (χ4n) is 0.682. The Bertz CT molecular complexity index is 232. The van der Waals surface area contributed by atoms with Crippen LogP contribution in [0.4, 0.5) is 0 Å². The predicted octanol–water partition coefficient (Wildman–Crippen LogP) is 3.72. The van der Waals surface area contributed by atoms with Crippen LogP contribution in [0.2, 0.25) is 0 Å². The van der Waals surface area contributed by atoms with Crippen LogP contribution in [0.1, 0.15) is 6.92 Å². The summed E-state index contributed by atoms with van der Waals surface area (Å²) in [6.45, 7) is 2.13. The van der Waals surface area contributed by atoms with Crippen molar-refractivity contribution in [1.82, 2.24) is 4.98 Å². The molecule has 0 aliphatic rings. The zero-order chi connectivity index (χ0) is 8.27. The van der Waals surface area contributed by atoms with Crippen LogP contribution in [0.3, 0.4) is 0 Å². The zero-order valence-corrected chi connectivity index (χ0v) is 9.96. The molecule has 0 spiro atoms. The Morgan fingerprint density at radius 1 is 1.36 bits per heavy atom. The second-order valence-electron chi connectivity index (χ2n) is 1.87. The molecule has 0 saturated heterocycles. The average molecular weight is 297 g/mol. The fraction of sp³-hybridized carbons (Fsp3) is 0.286. The van der Waals surface area contributed by atoms with E-state index < -0.39 is 0 Å². The number of rotatable bonds is 2. The molecule has 0 saturated carbocycles. The summed E-state index contributed by atoms with van der Waals surface area (Å²) in [5.41, 5.74) is 0. The van der Waals surface area contributed by atoms with Gasteiger partial charge >= 0.3 is 0 Å². The molecule has 1 nitrogen and oxygen atoms in total. The first-order valence-corrected chi connectivity index (χ1v) is 5.74. The van der Waals surface area contributed by atoms with Crippen molar-refractivity contribution in [2.24, 2.45) is 0 Å². The summed E-state index contributed by atoms with van der Waals surface area (Å²) in [4.78, 5) is 5.24. The molecule has 0 aliphatic heterocycles. The molecule has 1 aromatic rings. The van der Waals surface area contributed by atoms with Gasteiger partial charge in [0.15, 0.2) is 0 Å². The van der Waals surface area contributed by atoms with Crippen LogP contribution < -0.4 is 0 Å². The van der Waals surface area contributed by atoms with E-state index in [9.17, 15) is 0 Å². The van der Waals surface area contributed by atoms with E-state index in [-0.39, 0.29) is 0 Å². The van der Waals surface area contributed by atoms with Crippen molar-refractivity contribution in [2.75, 3.05) is 5.75 Å². The van der Waals surface area contributed by atoms with Crippen molar-refractivity contribution in [2.45, 2.75) is 11.8 Å². The van der Waals surface area contributed by atoms with Crippen LogP contribution >= 0.6 is 43.6 Å². The molecule has 1 rings (SSSR count). The smallest absolute Gasteiger partial charge is 0.0506 e. The van der Waals surface area contributed by atoms with Crippen molar-refractivity contribution in [3.8, 4) is 0 Å². The standard InChI is InChI=1S/C7H7Br2NS/c1-2-11-7-5(8)3-10-4-6(7)9/h3-4H,2H2,1H3. The van der Waals surface area contributed by atoms with Gasteiger partial charge < -0.3 is 0 Å². The molecule has 0 aliphatic carbocycles. The molecule has 60 valence electrons. The van der Waals surface area contributed by atoms with Gasteiger partial charge in [0.25, 0.3) is 0 Å². The van der Waals surface area contributed by atoms with Gasteiger partial charge in [-0.25, -0.2) is 0 Å². The lowest BCUT2D eigenvalue weighted by atomic mass is 10.5. The van der Waals surface area contributed by atoms with Gasteiger partial charge in [-0.05, 0) is 37.6 Å². The molecule has 0 aromatic carbocycles. The Kier molecular flexibility index (Phi) is 3.89. The van der Waals surface area contributed by atoms with Crippen LogP contribution in [-0.4, -0.2) is 10.7 Å². The van der Waals surface area contributed by atoms with E-state index in [2.05, 4.69) is 43.8 Å². The summed E-state index contributed by atoms with van der Waals surface area (Å²) in [6, 6.07) is 0. The monoisotopic (exact) mass is 295 g/mol. The number of thioether (sulfide) groups is 1. The Morgan fingerprint density at radius 2 is 1.91 bits per heavy atom. The van der Waals surface area contributed by atoms with Crippen LogP contribution in [0.15, 0.2) is 26.2 Å². The Labute approximate surface area is 87.2 Å². The maximum atomic E-state index is 4.02. The quantitative estimate of drug-likeness (QED) is 0.772. The van der Waals surface area contributed by atoms with Crippen LogP contribution in [0.5, 0.6) is 0 Å². The third-order valence-corrected chi connectivity index (χ3v) is 3.84. The number of nitrogens with zero attached hydrogens (tertiary/aromatic N) is 1. The highest BCUT2D eigenvalue weighted by Crippen LogP contribution is 2.32. The molecule has 1 aromatic heterocycles. The van der Waals surface area contributed by atoms with Crippen molar-refractivity contribution in [3.63, 3.8) is 0 Å². The molecule has 0 bridgehead atoms. The molecule has 0 radical (unpaired) electrons. The summed E-state index contributed by atoms with van der Waals surface area (Å²) in [5.74, 6) is 1.07. The normalized spacial score (nSPS) is 10.1. The van der Waals surface area contributed by atoms with Gasteiger partial charge in [-0.3, -0.25) is 4.98 Å². The van der Waals surface area contributed by atoms with E-state index in [1.165, 1.54) is 4.90 Å². The Hall–Kier alpha value is 0.460. The highest BCUT2D eigenvalue weighted by Gasteiger charge is 2.03. The van der Waals surface area contributed by atoms with Gasteiger partial charge in [0.1, 0.15) is 0 Å². The highest BCUT2D eigenvalue weighted by molar-refractivity contribution is 9.11. The first-order valence-electron chi connectivity index (χ1n) is 3.17. The minimum absolute atomic E-state index is 1.05.